The monoisotopic (exact) mass is 793 g/mol. The lowest BCUT2D eigenvalue weighted by molar-refractivity contribution is -0.133. The van der Waals surface area contributed by atoms with Gasteiger partial charge < -0.3 is 20.3 Å². The minimum Gasteiger partial charge on any atom is -0.392 e. The predicted molar refractivity (Wildman–Crippen MR) is 211 cm³/mol. The van der Waals surface area contributed by atoms with Crippen molar-refractivity contribution < 1.29 is 14.3 Å². The summed E-state index contributed by atoms with van der Waals surface area (Å²) in [6.45, 7) is 3.84. The second-order valence-corrected chi connectivity index (χ2v) is 16.0. The summed E-state index contributed by atoms with van der Waals surface area (Å²) in [7, 11) is 0. The highest BCUT2D eigenvalue weighted by Crippen LogP contribution is 2.43. The summed E-state index contributed by atoms with van der Waals surface area (Å²) < 4.78 is 16.3. The minimum atomic E-state index is -0.484. The molecule has 12 heteroatoms. The highest BCUT2D eigenvalue weighted by Gasteiger charge is 2.39. The SMILES string of the molecule is C1NC2CC1C2.Cc1nc2c(F)c(-c3cccc(Cl)c3Cl)c(CCC#N)cc2c2[nH]c(C3CCCN3C(=O)C3CC3)cc12.OCc1c(Cl)cccc1Cl. The molecule has 5 aromatic rings. The molecule has 1 unspecified atom stereocenters. The number of halogens is 5. The number of pyridine rings is 1. The molecule has 3 aliphatic heterocycles. The molecule has 0 spiro atoms. The van der Waals surface area contributed by atoms with Crippen LogP contribution in [-0.4, -0.2) is 45.0 Å². The van der Waals surface area contributed by atoms with Crippen LogP contribution in [-0.2, 0) is 17.8 Å². The lowest BCUT2D eigenvalue weighted by Crippen LogP contribution is -2.31. The number of benzene rings is 3. The first-order chi connectivity index (χ1) is 25.6. The number of likely N-dealkylation sites (tertiary alicyclic amines) is 1. The van der Waals surface area contributed by atoms with Gasteiger partial charge in [-0.05, 0) is 100 Å². The van der Waals surface area contributed by atoms with Crippen LogP contribution in [0.25, 0.3) is 32.9 Å². The average molecular weight is 796 g/mol. The van der Waals surface area contributed by atoms with E-state index in [1.165, 1.54) is 19.4 Å². The van der Waals surface area contributed by atoms with E-state index in [0.717, 1.165) is 60.8 Å². The molecular formula is C41H40Cl4FN5O2. The van der Waals surface area contributed by atoms with E-state index in [0.29, 0.717) is 54.8 Å². The zero-order valence-electron chi connectivity index (χ0n) is 29.3. The molecule has 10 rings (SSSR count). The molecule has 7 nitrogen and oxygen atoms in total. The fourth-order valence-corrected chi connectivity index (χ4v) is 8.67. The summed E-state index contributed by atoms with van der Waals surface area (Å²) in [5, 5.41) is 24.6. The van der Waals surface area contributed by atoms with Crippen LogP contribution in [0.1, 0.15) is 73.5 Å². The second-order valence-electron chi connectivity index (χ2n) is 14.4. The van der Waals surface area contributed by atoms with Gasteiger partial charge in [0.1, 0.15) is 5.52 Å². The van der Waals surface area contributed by atoms with Crippen molar-refractivity contribution in [2.45, 2.75) is 77.0 Å². The van der Waals surface area contributed by atoms with Gasteiger partial charge in [0.15, 0.2) is 5.82 Å². The predicted octanol–water partition coefficient (Wildman–Crippen LogP) is 10.5. The lowest BCUT2D eigenvalue weighted by atomic mass is 9.87. The highest BCUT2D eigenvalue weighted by molar-refractivity contribution is 6.43. The third kappa shape index (κ3) is 7.76. The van der Waals surface area contributed by atoms with Crippen molar-refractivity contribution in [1.82, 2.24) is 20.2 Å². The number of carbonyl (C=O) groups is 1. The van der Waals surface area contributed by atoms with Gasteiger partial charge in [-0.3, -0.25) is 4.79 Å². The summed E-state index contributed by atoms with van der Waals surface area (Å²) in [6.07, 6.45) is 7.35. The number of nitrogens with zero attached hydrogens (tertiary/aromatic N) is 3. The van der Waals surface area contributed by atoms with Crippen LogP contribution in [0.4, 0.5) is 4.39 Å². The van der Waals surface area contributed by atoms with Gasteiger partial charge in [0, 0.05) is 73.8 Å². The van der Waals surface area contributed by atoms with Gasteiger partial charge in [0.2, 0.25) is 5.91 Å². The molecular weight excluding hydrogens is 755 g/mol. The van der Waals surface area contributed by atoms with Crippen LogP contribution >= 0.6 is 46.4 Å². The van der Waals surface area contributed by atoms with Crippen molar-refractivity contribution in [1.29, 1.82) is 5.26 Å². The van der Waals surface area contributed by atoms with Crippen molar-refractivity contribution in [3.63, 3.8) is 0 Å². The van der Waals surface area contributed by atoms with E-state index >= 15 is 4.39 Å². The molecule has 3 aromatic carbocycles. The second kappa shape index (κ2) is 16.1. The van der Waals surface area contributed by atoms with Gasteiger partial charge >= 0.3 is 0 Å². The average Bonchev–Trinajstić information content (AvgIpc) is 3.53. The molecule has 5 heterocycles. The van der Waals surface area contributed by atoms with Crippen LogP contribution in [0, 0.1) is 35.9 Å². The first-order valence-electron chi connectivity index (χ1n) is 18.1. The number of nitriles is 1. The minimum absolute atomic E-state index is 0.0117. The van der Waals surface area contributed by atoms with Crippen LogP contribution in [0.5, 0.6) is 0 Å². The molecule has 276 valence electrons. The van der Waals surface area contributed by atoms with Crippen LogP contribution in [0.3, 0.4) is 0 Å². The Hall–Kier alpha value is -3.42. The number of carbonyl (C=O) groups excluding carboxylic acids is 1. The van der Waals surface area contributed by atoms with E-state index in [-0.39, 0.29) is 41.4 Å². The van der Waals surface area contributed by atoms with E-state index in [1.54, 1.807) is 36.4 Å². The Morgan fingerprint density at radius 1 is 1.04 bits per heavy atom. The largest absolute Gasteiger partial charge is 0.392 e. The van der Waals surface area contributed by atoms with Crippen molar-refractivity contribution in [2.75, 3.05) is 13.1 Å². The number of rotatable bonds is 6. The molecule has 2 bridgehead atoms. The molecule has 2 aliphatic carbocycles. The van der Waals surface area contributed by atoms with E-state index in [2.05, 4.69) is 27.4 Å². The fraction of sp³-hybridized carbons (Fsp3) is 0.390. The van der Waals surface area contributed by atoms with E-state index in [1.807, 2.05) is 17.9 Å². The van der Waals surface area contributed by atoms with E-state index in [4.69, 9.17) is 51.5 Å². The molecule has 0 radical (unpaired) electrons. The highest BCUT2D eigenvalue weighted by atomic mass is 35.5. The number of aromatic nitrogens is 2. The molecule has 2 aromatic heterocycles. The Balaban J connectivity index is 0.000000222. The maximum Gasteiger partial charge on any atom is 0.226 e. The Morgan fingerprint density at radius 2 is 1.75 bits per heavy atom. The topological polar surface area (TPSA) is 105 Å². The third-order valence-corrected chi connectivity index (χ3v) is 12.3. The van der Waals surface area contributed by atoms with Crippen molar-refractivity contribution in [2.24, 2.45) is 11.8 Å². The Kier molecular flexibility index (Phi) is 11.5. The summed E-state index contributed by atoms with van der Waals surface area (Å²) in [4.78, 5) is 23.1. The summed E-state index contributed by atoms with van der Waals surface area (Å²) in [5.74, 6) is 1.01. The number of aliphatic hydroxyl groups excluding tert-OH is 1. The Labute approximate surface area is 328 Å². The molecule has 3 N–H and O–H groups in total. The molecule has 2 saturated carbocycles. The van der Waals surface area contributed by atoms with Crippen LogP contribution < -0.4 is 5.32 Å². The van der Waals surface area contributed by atoms with E-state index < -0.39 is 5.82 Å². The maximum atomic E-state index is 16.3. The number of amides is 1. The van der Waals surface area contributed by atoms with Crippen LogP contribution in [0.2, 0.25) is 20.1 Å². The fourth-order valence-electron chi connectivity index (χ4n) is 7.75. The number of hydrogen-bond donors (Lipinski definition) is 3. The third-order valence-electron chi connectivity index (χ3n) is 10.8. The number of nitrogens with one attached hydrogen (secondary N) is 2. The van der Waals surface area contributed by atoms with Gasteiger partial charge in [-0.1, -0.05) is 64.6 Å². The number of hydrogen-bond acceptors (Lipinski definition) is 5. The zero-order chi connectivity index (χ0) is 37.4. The molecule has 5 aliphatic rings. The Bertz CT molecular complexity index is 2190. The van der Waals surface area contributed by atoms with Crippen molar-refractivity contribution in [3.8, 4) is 17.2 Å². The van der Waals surface area contributed by atoms with Crippen molar-refractivity contribution in [3.05, 3.63) is 97.0 Å². The number of aryl methyl sites for hydroxylation is 2. The van der Waals surface area contributed by atoms with Crippen molar-refractivity contribution >= 4 is 74.1 Å². The first-order valence-corrected chi connectivity index (χ1v) is 19.6. The Morgan fingerprint density at radius 3 is 2.36 bits per heavy atom. The number of aromatic amines is 1. The quantitative estimate of drug-likeness (QED) is 0.159. The smallest absolute Gasteiger partial charge is 0.226 e. The molecule has 1 amide bonds. The van der Waals surface area contributed by atoms with Gasteiger partial charge in [0.25, 0.3) is 0 Å². The summed E-state index contributed by atoms with van der Waals surface area (Å²) in [5.41, 5.74) is 4.76. The van der Waals surface area contributed by atoms with Gasteiger partial charge in [-0.15, -0.1) is 0 Å². The van der Waals surface area contributed by atoms with Gasteiger partial charge in [-0.2, -0.15) is 5.26 Å². The van der Waals surface area contributed by atoms with Crippen LogP contribution in [0.15, 0.2) is 48.5 Å². The number of aliphatic hydroxyl groups is 1. The number of fused-ring (bicyclic) bond motifs is 4. The van der Waals surface area contributed by atoms with Gasteiger partial charge in [-0.25, -0.2) is 9.37 Å². The standard InChI is InChI=1S/C29H25Cl2FN4O.C7H6Cl2O.C5H9N/c1-15-19-14-22(23-8-4-12-36(23)29(37)16-9-10-16)35-27(19)20-13-17(5-3-11-33)24(26(32)28(20)34-15)18-6-2-7-21(30)25(18)31;8-6-2-1-3-7(9)5(6)4-10;1-4-2-5(1)6-3-4/h2,6-7,13-14,16,23,35H,3-5,8-10,12H2,1H3;1-3,10H,4H2;4-6H,1-3H2. The molecule has 5 fully saturated rings. The normalized spacial score (nSPS) is 20.0. The van der Waals surface area contributed by atoms with E-state index in [9.17, 15) is 10.1 Å². The maximum absolute atomic E-state index is 16.3. The van der Waals surface area contributed by atoms with Gasteiger partial charge in [0.05, 0.1) is 34.3 Å². The lowest BCUT2D eigenvalue weighted by Gasteiger charge is -2.24. The number of H-pyrrole nitrogens is 1. The summed E-state index contributed by atoms with van der Waals surface area (Å²) >= 11 is 24.1. The molecule has 3 saturated heterocycles. The summed E-state index contributed by atoms with van der Waals surface area (Å²) in [6, 6.07) is 17.3. The zero-order valence-corrected chi connectivity index (χ0v) is 32.3. The molecule has 53 heavy (non-hydrogen) atoms. The molecule has 1 atom stereocenters. The first kappa shape index (κ1) is 37.9.